The Bertz CT molecular complexity index is 787. The fourth-order valence-electron chi connectivity index (χ4n) is 2.43. The summed E-state index contributed by atoms with van der Waals surface area (Å²) >= 11 is 0. The fourth-order valence-corrected chi connectivity index (χ4v) is 3.60. The SMILES string of the molecule is Cc1ccc(CNC(=O)[C@H](C)N(c2ccccc2)S(C)(=O)=O)cc1. The van der Waals surface area contributed by atoms with Crippen LogP contribution in [-0.4, -0.2) is 26.6 Å². The van der Waals surface area contributed by atoms with Crippen molar-refractivity contribution in [1.82, 2.24) is 5.32 Å². The maximum absolute atomic E-state index is 12.4. The number of sulfonamides is 1. The Morgan fingerprint density at radius 3 is 2.21 bits per heavy atom. The maximum atomic E-state index is 12.4. The molecule has 0 unspecified atom stereocenters. The maximum Gasteiger partial charge on any atom is 0.243 e. The van der Waals surface area contributed by atoms with E-state index in [2.05, 4.69) is 5.32 Å². The Morgan fingerprint density at radius 1 is 1.08 bits per heavy atom. The monoisotopic (exact) mass is 346 g/mol. The number of aryl methyl sites for hydroxylation is 1. The first-order valence-corrected chi connectivity index (χ1v) is 9.51. The number of hydrogen-bond acceptors (Lipinski definition) is 3. The topological polar surface area (TPSA) is 66.5 Å². The lowest BCUT2D eigenvalue weighted by atomic mass is 10.1. The van der Waals surface area contributed by atoms with Crippen LogP contribution in [0.15, 0.2) is 54.6 Å². The standard InChI is InChI=1S/C18H22N2O3S/c1-14-9-11-16(12-10-14)13-19-18(21)15(2)20(24(3,22)23)17-7-5-4-6-8-17/h4-12,15H,13H2,1-3H3,(H,19,21)/t15-/m0/s1. The Kier molecular flexibility index (Phi) is 5.62. The average molecular weight is 346 g/mol. The predicted molar refractivity (Wildman–Crippen MR) is 96.3 cm³/mol. The summed E-state index contributed by atoms with van der Waals surface area (Å²) in [4.78, 5) is 12.4. The molecule has 5 nitrogen and oxygen atoms in total. The van der Waals surface area contributed by atoms with Gasteiger partial charge >= 0.3 is 0 Å². The highest BCUT2D eigenvalue weighted by atomic mass is 32.2. The first-order valence-electron chi connectivity index (χ1n) is 7.67. The highest BCUT2D eigenvalue weighted by Gasteiger charge is 2.28. The number of anilines is 1. The largest absolute Gasteiger partial charge is 0.350 e. The van der Waals surface area contributed by atoms with Crippen LogP contribution in [0.3, 0.4) is 0 Å². The Balaban J connectivity index is 2.13. The van der Waals surface area contributed by atoms with Crippen molar-refractivity contribution < 1.29 is 13.2 Å². The van der Waals surface area contributed by atoms with Gasteiger partial charge < -0.3 is 5.32 Å². The Hall–Kier alpha value is -2.34. The van der Waals surface area contributed by atoms with E-state index in [0.29, 0.717) is 12.2 Å². The van der Waals surface area contributed by atoms with E-state index in [9.17, 15) is 13.2 Å². The molecule has 0 saturated carbocycles. The summed E-state index contributed by atoms with van der Waals surface area (Å²) in [5.41, 5.74) is 2.58. The van der Waals surface area contributed by atoms with Gasteiger partial charge in [0.25, 0.3) is 0 Å². The minimum absolute atomic E-state index is 0.343. The molecule has 2 aromatic carbocycles. The third-order valence-electron chi connectivity index (χ3n) is 3.69. The second-order valence-corrected chi connectivity index (χ2v) is 7.63. The third-order valence-corrected chi connectivity index (χ3v) is 4.93. The van der Waals surface area contributed by atoms with Gasteiger partial charge in [-0.15, -0.1) is 0 Å². The molecule has 0 saturated heterocycles. The smallest absolute Gasteiger partial charge is 0.243 e. The number of para-hydroxylation sites is 1. The Labute approximate surface area is 143 Å². The van der Waals surface area contributed by atoms with Gasteiger partial charge in [0.15, 0.2) is 0 Å². The van der Waals surface area contributed by atoms with Gasteiger partial charge in [-0.25, -0.2) is 8.42 Å². The van der Waals surface area contributed by atoms with Gasteiger partial charge in [-0.05, 0) is 31.5 Å². The summed E-state index contributed by atoms with van der Waals surface area (Å²) in [5.74, 6) is -0.343. The molecule has 128 valence electrons. The van der Waals surface area contributed by atoms with Gasteiger partial charge in [0.1, 0.15) is 6.04 Å². The first-order chi connectivity index (χ1) is 11.3. The summed E-state index contributed by atoms with van der Waals surface area (Å²) < 4.78 is 25.4. The van der Waals surface area contributed by atoms with Crippen LogP contribution in [0.25, 0.3) is 0 Å². The number of carbonyl (C=O) groups excluding carboxylic acids is 1. The average Bonchev–Trinajstić information content (AvgIpc) is 2.54. The molecule has 0 radical (unpaired) electrons. The molecule has 2 rings (SSSR count). The zero-order valence-electron chi connectivity index (χ0n) is 14.1. The second kappa shape index (κ2) is 7.49. The summed E-state index contributed by atoms with van der Waals surface area (Å²) in [6.07, 6.45) is 1.10. The Morgan fingerprint density at radius 2 is 1.67 bits per heavy atom. The van der Waals surface area contributed by atoms with E-state index >= 15 is 0 Å². The molecule has 0 aliphatic rings. The summed E-state index contributed by atoms with van der Waals surface area (Å²) in [6.45, 7) is 3.93. The number of amides is 1. The molecular weight excluding hydrogens is 324 g/mol. The third kappa shape index (κ3) is 4.58. The van der Waals surface area contributed by atoms with Crippen LogP contribution in [-0.2, 0) is 21.4 Å². The van der Waals surface area contributed by atoms with Gasteiger partial charge in [0, 0.05) is 6.54 Å². The molecule has 0 bridgehead atoms. The van der Waals surface area contributed by atoms with Gasteiger partial charge in [-0.3, -0.25) is 9.10 Å². The van der Waals surface area contributed by atoms with E-state index in [1.54, 1.807) is 37.3 Å². The summed E-state index contributed by atoms with van der Waals surface area (Å²) in [7, 11) is -3.58. The molecule has 0 heterocycles. The van der Waals surface area contributed by atoms with E-state index in [1.165, 1.54) is 0 Å². The molecular formula is C18H22N2O3S. The highest BCUT2D eigenvalue weighted by molar-refractivity contribution is 7.92. The zero-order valence-corrected chi connectivity index (χ0v) is 14.9. The molecule has 0 fully saturated rings. The lowest BCUT2D eigenvalue weighted by molar-refractivity contribution is -0.122. The van der Waals surface area contributed by atoms with Crippen LogP contribution >= 0.6 is 0 Å². The molecule has 24 heavy (non-hydrogen) atoms. The molecule has 0 aliphatic heterocycles. The summed E-state index contributed by atoms with van der Waals surface area (Å²) in [5, 5.41) is 2.80. The van der Waals surface area contributed by atoms with E-state index < -0.39 is 16.1 Å². The lowest BCUT2D eigenvalue weighted by Crippen LogP contribution is -2.47. The molecule has 6 heteroatoms. The zero-order chi connectivity index (χ0) is 17.7. The van der Waals surface area contributed by atoms with E-state index in [4.69, 9.17) is 0 Å². The van der Waals surface area contributed by atoms with Crippen LogP contribution in [0.5, 0.6) is 0 Å². The number of nitrogens with zero attached hydrogens (tertiary/aromatic N) is 1. The van der Waals surface area contributed by atoms with Crippen molar-refractivity contribution in [2.24, 2.45) is 0 Å². The second-order valence-electron chi connectivity index (χ2n) is 5.77. The fraction of sp³-hybridized carbons (Fsp3) is 0.278. The number of hydrogen-bond donors (Lipinski definition) is 1. The number of carbonyl (C=O) groups is 1. The number of nitrogens with one attached hydrogen (secondary N) is 1. The van der Waals surface area contributed by atoms with Crippen LogP contribution in [0, 0.1) is 6.92 Å². The van der Waals surface area contributed by atoms with Crippen molar-refractivity contribution in [3.63, 3.8) is 0 Å². The van der Waals surface area contributed by atoms with E-state index in [-0.39, 0.29) is 5.91 Å². The molecule has 0 spiro atoms. The summed E-state index contributed by atoms with van der Waals surface area (Å²) in [6, 6.07) is 15.6. The molecule has 1 atom stereocenters. The van der Waals surface area contributed by atoms with Crippen LogP contribution in [0.4, 0.5) is 5.69 Å². The van der Waals surface area contributed by atoms with E-state index in [1.807, 2.05) is 31.2 Å². The van der Waals surface area contributed by atoms with Crippen molar-refractivity contribution in [2.45, 2.75) is 26.4 Å². The molecule has 2 aromatic rings. The quantitative estimate of drug-likeness (QED) is 0.874. The van der Waals surface area contributed by atoms with Crippen molar-refractivity contribution >= 4 is 21.6 Å². The van der Waals surface area contributed by atoms with Crippen molar-refractivity contribution in [3.05, 3.63) is 65.7 Å². The molecule has 0 aromatic heterocycles. The molecule has 1 N–H and O–H groups in total. The van der Waals surface area contributed by atoms with Crippen LogP contribution < -0.4 is 9.62 Å². The molecule has 0 aliphatic carbocycles. The molecule has 1 amide bonds. The van der Waals surface area contributed by atoms with Crippen LogP contribution in [0.2, 0.25) is 0 Å². The van der Waals surface area contributed by atoms with Gasteiger partial charge in [0.05, 0.1) is 11.9 Å². The minimum atomic E-state index is -3.58. The number of rotatable bonds is 6. The van der Waals surface area contributed by atoms with E-state index in [0.717, 1.165) is 21.7 Å². The van der Waals surface area contributed by atoms with Gasteiger partial charge in [-0.2, -0.15) is 0 Å². The van der Waals surface area contributed by atoms with Gasteiger partial charge in [0.2, 0.25) is 15.9 Å². The minimum Gasteiger partial charge on any atom is -0.350 e. The van der Waals surface area contributed by atoms with Gasteiger partial charge in [-0.1, -0.05) is 48.0 Å². The number of benzene rings is 2. The van der Waals surface area contributed by atoms with Crippen LogP contribution in [0.1, 0.15) is 18.1 Å². The highest BCUT2D eigenvalue weighted by Crippen LogP contribution is 2.20. The lowest BCUT2D eigenvalue weighted by Gasteiger charge is -2.28. The van der Waals surface area contributed by atoms with Crippen molar-refractivity contribution in [3.8, 4) is 0 Å². The van der Waals surface area contributed by atoms with Crippen molar-refractivity contribution in [2.75, 3.05) is 10.6 Å². The predicted octanol–water partition coefficient (Wildman–Crippen LogP) is 2.47. The van der Waals surface area contributed by atoms with Crippen molar-refractivity contribution in [1.29, 1.82) is 0 Å². The first kappa shape index (κ1) is 18.0. The normalized spacial score (nSPS) is 12.5.